The fourth-order valence-electron chi connectivity index (χ4n) is 3.86. The van der Waals surface area contributed by atoms with Crippen LogP contribution >= 0.6 is 22.9 Å². The highest BCUT2D eigenvalue weighted by Crippen LogP contribution is 2.38. The predicted octanol–water partition coefficient (Wildman–Crippen LogP) is 3.83. The van der Waals surface area contributed by atoms with Crippen LogP contribution in [-0.4, -0.2) is 72.6 Å². The van der Waals surface area contributed by atoms with E-state index in [9.17, 15) is 27.2 Å². The number of hydrogen-bond donors (Lipinski definition) is 2. The smallest absolute Gasteiger partial charge is 0.466 e. The average molecular weight is 579 g/mol. The molecular weight excluding hydrogens is 560 g/mol. The van der Waals surface area contributed by atoms with Crippen molar-refractivity contribution in [3.63, 3.8) is 0 Å². The molecule has 0 amide bonds. The summed E-state index contributed by atoms with van der Waals surface area (Å²) < 4.78 is 68.6. The van der Waals surface area contributed by atoms with Gasteiger partial charge in [-0.05, 0) is 12.1 Å². The van der Waals surface area contributed by atoms with Crippen LogP contribution in [0.4, 0.5) is 22.4 Å². The fourth-order valence-corrected chi connectivity index (χ4v) is 4.91. The minimum Gasteiger partial charge on any atom is -0.466 e. The second-order valence-corrected chi connectivity index (χ2v) is 9.24. The zero-order valence-electron chi connectivity index (χ0n) is 19.4. The number of esters is 1. The minimum atomic E-state index is -4.70. The summed E-state index contributed by atoms with van der Waals surface area (Å²) in [6.45, 7) is 0.178. The summed E-state index contributed by atoms with van der Waals surface area (Å²) in [7, 11) is 1.12. The van der Waals surface area contributed by atoms with Gasteiger partial charge in [-0.3, -0.25) is 9.89 Å². The van der Waals surface area contributed by atoms with Gasteiger partial charge in [-0.25, -0.2) is 19.0 Å². The number of alkyl halides is 3. The highest BCUT2D eigenvalue weighted by Gasteiger charge is 2.38. The van der Waals surface area contributed by atoms with E-state index in [0.717, 1.165) is 24.6 Å². The molecule has 1 aromatic heterocycles. The standard InChI is InChI=1S/C22H19ClF4N4O6S/c1-35-20(32)16-13(7-31-4-5-36-8-15(31)37-21(33)34)28-18(19-29-14(9-38-19)22(25,26)27)30-17(16)11-3-2-10(24)6-12(11)23/h2-3,6,9,15,17H,4-5,7-8H2,1H3,(H,28,30)(H,33,34)/t15-,17-/m0/s1. The third-order valence-electron chi connectivity index (χ3n) is 5.57. The number of hydrogen-bond acceptors (Lipinski definition) is 10. The number of carbonyl (C=O) groups excluding carboxylic acids is 1. The lowest BCUT2D eigenvalue weighted by Gasteiger charge is -2.36. The summed E-state index contributed by atoms with van der Waals surface area (Å²) in [5, 5.41) is 12.6. The summed E-state index contributed by atoms with van der Waals surface area (Å²) in [6, 6.07) is 2.17. The van der Waals surface area contributed by atoms with E-state index in [1.54, 1.807) is 4.90 Å². The molecule has 0 unspecified atom stereocenters. The van der Waals surface area contributed by atoms with E-state index in [0.29, 0.717) is 11.3 Å². The Balaban J connectivity index is 1.82. The molecule has 38 heavy (non-hydrogen) atoms. The molecule has 2 atom stereocenters. The number of nitrogens with one attached hydrogen (secondary N) is 1. The van der Waals surface area contributed by atoms with Crippen LogP contribution in [0.2, 0.25) is 5.02 Å². The molecule has 2 aromatic rings. The SMILES string of the molecule is COC(=O)C1=C(CN2CCOC[C@@H]2OC(=O)O)NC(c2nc(C(F)(F)F)cs2)=N[C@H]1c1ccc(F)cc1Cl. The lowest BCUT2D eigenvalue weighted by atomic mass is 9.95. The molecular formula is C22H19ClF4N4O6S. The molecule has 2 aliphatic heterocycles. The Kier molecular flexibility index (Phi) is 8.20. The summed E-state index contributed by atoms with van der Waals surface area (Å²) in [6.07, 6.45) is -7.29. The molecule has 0 radical (unpaired) electrons. The quantitative estimate of drug-likeness (QED) is 0.389. The van der Waals surface area contributed by atoms with Gasteiger partial charge in [-0.1, -0.05) is 17.7 Å². The normalized spacial score (nSPS) is 20.5. The Morgan fingerprint density at radius 2 is 2.13 bits per heavy atom. The van der Waals surface area contributed by atoms with Crippen LogP contribution in [0.15, 0.2) is 39.8 Å². The molecule has 3 heterocycles. The van der Waals surface area contributed by atoms with Gasteiger partial charge in [0.05, 0.1) is 25.9 Å². The largest absolute Gasteiger partial charge is 0.507 e. The van der Waals surface area contributed by atoms with Gasteiger partial charge in [0.15, 0.2) is 22.8 Å². The molecule has 0 spiro atoms. The number of aliphatic imine (C=N–C) groups is 1. The van der Waals surface area contributed by atoms with Gasteiger partial charge in [-0.2, -0.15) is 13.2 Å². The first-order valence-electron chi connectivity index (χ1n) is 10.8. The first kappa shape index (κ1) is 27.8. The van der Waals surface area contributed by atoms with Crippen molar-refractivity contribution < 1.29 is 46.5 Å². The molecule has 1 saturated heterocycles. The number of aromatic nitrogens is 1. The van der Waals surface area contributed by atoms with E-state index in [4.69, 9.17) is 30.9 Å². The summed E-state index contributed by atoms with van der Waals surface area (Å²) >= 11 is 6.94. The lowest BCUT2D eigenvalue weighted by Crippen LogP contribution is -2.50. The highest BCUT2D eigenvalue weighted by atomic mass is 35.5. The van der Waals surface area contributed by atoms with Crippen molar-refractivity contribution in [1.29, 1.82) is 0 Å². The summed E-state index contributed by atoms with van der Waals surface area (Å²) in [5.74, 6) is -1.61. The third kappa shape index (κ3) is 6.06. The number of carbonyl (C=O) groups is 2. The van der Waals surface area contributed by atoms with E-state index in [1.165, 1.54) is 6.07 Å². The highest BCUT2D eigenvalue weighted by molar-refractivity contribution is 7.11. The van der Waals surface area contributed by atoms with Gasteiger partial charge in [0.2, 0.25) is 0 Å². The summed E-state index contributed by atoms with van der Waals surface area (Å²) in [4.78, 5) is 33.8. The van der Waals surface area contributed by atoms with Gasteiger partial charge >= 0.3 is 18.3 Å². The molecule has 1 aromatic carbocycles. The van der Waals surface area contributed by atoms with Crippen molar-refractivity contribution in [2.75, 3.05) is 33.4 Å². The topological polar surface area (TPSA) is 123 Å². The number of morpholine rings is 1. The molecule has 10 nitrogen and oxygen atoms in total. The van der Waals surface area contributed by atoms with E-state index >= 15 is 0 Å². The van der Waals surface area contributed by atoms with Gasteiger partial charge < -0.3 is 24.6 Å². The van der Waals surface area contributed by atoms with E-state index in [-0.39, 0.29) is 59.0 Å². The number of ether oxygens (including phenoxy) is 3. The Hall–Kier alpha value is -3.27. The van der Waals surface area contributed by atoms with E-state index in [2.05, 4.69) is 15.3 Å². The monoisotopic (exact) mass is 578 g/mol. The van der Waals surface area contributed by atoms with Crippen molar-refractivity contribution in [2.45, 2.75) is 18.4 Å². The molecule has 4 rings (SSSR count). The van der Waals surface area contributed by atoms with Crippen molar-refractivity contribution in [1.82, 2.24) is 15.2 Å². The number of thiazole rings is 1. The molecule has 0 aliphatic carbocycles. The van der Waals surface area contributed by atoms with Crippen LogP contribution < -0.4 is 5.32 Å². The zero-order chi connectivity index (χ0) is 27.6. The third-order valence-corrected chi connectivity index (χ3v) is 6.75. The maximum atomic E-state index is 13.8. The maximum absolute atomic E-state index is 13.8. The number of methoxy groups -OCH3 is 1. The van der Waals surface area contributed by atoms with Crippen molar-refractivity contribution in [3.8, 4) is 0 Å². The summed E-state index contributed by atoms with van der Waals surface area (Å²) in [5.41, 5.74) is -0.904. The number of rotatable bonds is 6. The van der Waals surface area contributed by atoms with E-state index < -0.39 is 42.1 Å². The average Bonchev–Trinajstić information content (AvgIpc) is 3.35. The Labute approximate surface area is 221 Å². The minimum absolute atomic E-state index is 0.0714. The Bertz CT molecular complexity index is 1300. The predicted molar refractivity (Wildman–Crippen MR) is 125 cm³/mol. The van der Waals surface area contributed by atoms with Crippen molar-refractivity contribution in [2.24, 2.45) is 4.99 Å². The van der Waals surface area contributed by atoms with Gasteiger partial charge in [-0.15, -0.1) is 11.3 Å². The molecule has 0 saturated carbocycles. The molecule has 2 N–H and O–H groups in total. The Morgan fingerprint density at radius 3 is 2.76 bits per heavy atom. The molecule has 0 bridgehead atoms. The van der Waals surface area contributed by atoms with Crippen LogP contribution in [0.25, 0.3) is 0 Å². The van der Waals surface area contributed by atoms with Crippen molar-refractivity contribution in [3.05, 3.63) is 62.0 Å². The second kappa shape index (κ2) is 11.2. The number of amidine groups is 1. The van der Waals surface area contributed by atoms with Crippen LogP contribution in [0, 0.1) is 5.82 Å². The zero-order valence-corrected chi connectivity index (χ0v) is 21.0. The first-order valence-corrected chi connectivity index (χ1v) is 12.1. The fraction of sp³-hybridized carbons (Fsp3) is 0.364. The van der Waals surface area contributed by atoms with Gasteiger partial charge in [0.1, 0.15) is 11.9 Å². The maximum Gasteiger partial charge on any atom is 0.507 e. The van der Waals surface area contributed by atoms with Crippen LogP contribution in [-0.2, 0) is 25.2 Å². The van der Waals surface area contributed by atoms with Crippen LogP contribution in [0.3, 0.4) is 0 Å². The van der Waals surface area contributed by atoms with Crippen LogP contribution in [0.1, 0.15) is 22.3 Å². The lowest BCUT2D eigenvalue weighted by molar-refractivity contribution is -0.140. The second-order valence-electron chi connectivity index (χ2n) is 7.97. The number of halogens is 5. The molecule has 16 heteroatoms. The molecule has 204 valence electrons. The number of nitrogens with zero attached hydrogens (tertiary/aromatic N) is 3. The van der Waals surface area contributed by atoms with Crippen LogP contribution in [0.5, 0.6) is 0 Å². The Morgan fingerprint density at radius 1 is 1.37 bits per heavy atom. The molecule has 2 aliphatic rings. The van der Waals surface area contributed by atoms with Crippen molar-refractivity contribution >= 4 is 40.9 Å². The van der Waals surface area contributed by atoms with Gasteiger partial charge in [0.25, 0.3) is 0 Å². The van der Waals surface area contributed by atoms with E-state index in [1.807, 2.05) is 0 Å². The first-order chi connectivity index (χ1) is 18.0. The number of carboxylic acid groups (broad SMARTS) is 1. The van der Waals surface area contributed by atoms with Gasteiger partial charge in [0, 0.05) is 34.8 Å². The number of benzene rings is 1. The molecule has 1 fully saturated rings.